The molecule has 0 fully saturated rings. The lowest BCUT2D eigenvalue weighted by atomic mass is 10.1. The van der Waals surface area contributed by atoms with Gasteiger partial charge in [0.2, 0.25) is 0 Å². The Kier molecular flexibility index (Phi) is 7.15. The van der Waals surface area contributed by atoms with E-state index in [1.807, 2.05) is 0 Å². The molecule has 3 aromatic rings. The molecule has 3 rings (SSSR count). The summed E-state index contributed by atoms with van der Waals surface area (Å²) < 4.78 is 38.6. The molecule has 0 saturated heterocycles. The monoisotopic (exact) mass is 443 g/mol. The lowest BCUT2D eigenvalue weighted by Gasteiger charge is -2.07. The first-order chi connectivity index (χ1) is 14.8. The number of amides is 1. The van der Waals surface area contributed by atoms with Gasteiger partial charge < -0.3 is 15.5 Å². The molecule has 3 aromatic carbocycles. The summed E-state index contributed by atoms with van der Waals surface area (Å²) in [5.41, 5.74) is 1.86. The highest BCUT2D eigenvalue weighted by atomic mass is 32.2. The number of hydrogen-bond acceptors (Lipinski definition) is 4. The maximum atomic E-state index is 13.2. The maximum Gasteiger partial charge on any atom is 0.255 e. The van der Waals surface area contributed by atoms with E-state index in [9.17, 15) is 28.0 Å². The van der Waals surface area contributed by atoms with Crippen LogP contribution in [0.1, 0.15) is 21.5 Å². The van der Waals surface area contributed by atoms with E-state index in [2.05, 4.69) is 5.32 Å². The largest absolute Gasteiger partial charge is 0.504 e. The number of rotatable bonds is 7. The van der Waals surface area contributed by atoms with Gasteiger partial charge in [0, 0.05) is 39.3 Å². The molecule has 1 atom stereocenters. The first-order valence-corrected chi connectivity index (χ1v) is 10.6. The van der Waals surface area contributed by atoms with E-state index in [1.54, 1.807) is 36.4 Å². The van der Waals surface area contributed by atoms with Gasteiger partial charge in [0.1, 0.15) is 11.6 Å². The molecule has 0 aliphatic carbocycles. The second-order valence-corrected chi connectivity index (χ2v) is 8.14. The van der Waals surface area contributed by atoms with Gasteiger partial charge in [0.15, 0.2) is 11.5 Å². The minimum Gasteiger partial charge on any atom is -0.504 e. The molecule has 1 unspecified atom stereocenters. The third-order valence-corrected chi connectivity index (χ3v) is 5.39. The van der Waals surface area contributed by atoms with Crippen LogP contribution >= 0.6 is 0 Å². The fourth-order valence-electron chi connectivity index (χ4n) is 2.73. The van der Waals surface area contributed by atoms with Crippen LogP contribution in [0.3, 0.4) is 0 Å². The molecule has 3 N–H and O–H groups in total. The summed E-state index contributed by atoms with van der Waals surface area (Å²) in [6.07, 6.45) is 2.13. The first-order valence-electron chi connectivity index (χ1n) is 9.24. The van der Waals surface area contributed by atoms with E-state index in [-0.39, 0.29) is 17.1 Å². The Balaban J connectivity index is 1.53. The van der Waals surface area contributed by atoms with Crippen LogP contribution in [-0.4, -0.2) is 26.1 Å². The number of anilines is 1. The fourth-order valence-corrected chi connectivity index (χ4v) is 3.61. The number of halogens is 2. The quantitative estimate of drug-likeness (QED) is 0.466. The molecule has 0 aliphatic rings. The minimum atomic E-state index is -1.24. The standard InChI is InChI=1S/C23H19F2NO4S/c24-18-12-17(13-19(25)14-18)23(29)26-20-4-1-15(2-5-20)7-9-31(30)10-8-16-3-6-21(27)22(28)11-16/h1-6,8,10-14,27-28H,7,9H2,(H,26,29)/b10-8+. The molecule has 0 aromatic heterocycles. The Morgan fingerprint density at radius 1 is 0.935 bits per heavy atom. The predicted molar refractivity (Wildman–Crippen MR) is 116 cm³/mol. The number of nitrogens with one attached hydrogen (secondary N) is 1. The van der Waals surface area contributed by atoms with Crippen LogP contribution < -0.4 is 5.32 Å². The number of aryl methyl sites for hydroxylation is 1. The lowest BCUT2D eigenvalue weighted by molar-refractivity contribution is 0.102. The highest BCUT2D eigenvalue weighted by Crippen LogP contribution is 2.25. The summed E-state index contributed by atoms with van der Waals surface area (Å²) in [4.78, 5) is 12.1. The van der Waals surface area contributed by atoms with Crippen molar-refractivity contribution in [2.24, 2.45) is 0 Å². The molecule has 0 spiro atoms. The van der Waals surface area contributed by atoms with Crippen molar-refractivity contribution in [1.29, 1.82) is 0 Å². The third-order valence-electron chi connectivity index (χ3n) is 4.34. The third kappa shape index (κ3) is 6.48. The van der Waals surface area contributed by atoms with Crippen LogP contribution in [0.25, 0.3) is 6.08 Å². The minimum absolute atomic E-state index is 0.120. The van der Waals surface area contributed by atoms with E-state index in [4.69, 9.17) is 0 Å². The molecule has 0 saturated carbocycles. The van der Waals surface area contributed by atoms with E-state index < -0.39 is 28.3 Å². The molecule has 31 heavy (non-hydrogen) atoms. The van der Waals surface area contributed by atoms with E-state index >= 15 is 0 Å². The van der Waals surface area contributed by atoms with Gasteiger partial charge in [-0.2, -0.15) is 0 Å². The predicted octanol–water partition coefficient (Wildman–Crippen LogP) is 4.59. The molecule has 0 bridgehead atoms. The van der Waals surface area contributed by atoms with Crippen LogP contribution in [0.15, 0.2) is 66.1 Å². The zero-order valence-corrected chi connectivity index (χ0v) is 17.0. The summed E-state index contributed by atoms with van der Waals surface area (Å²) in [5.74, 6) is -2.38. The van der Waals surface area contributed by atoms with Crippen LogP contribution in [0, 0.1) is 11.6 Å². The number of hydrogen-bond donors (Lipinski definition) is 3. The Morgan fingerprint density at radius 3 is 2.26 bits per heavy atom. The van der Waals surface area contributed by atoms with Gasteiger partial charge in [-0.1, -0.05) is 18.2 Å². The molecular formula is C23H19F2NO4S. The zero-order valence-electron chi connectivity index (χ0n) is 16.2. The lowest BCUT2D eigenvalue weighted by Crippen LogP contribution is -2.12. The van der Waals surface area contributed by atoms with Crippen molar-refractivity contribution in [3.63, 3.8) is 0 Å². The molecule has 5 nitrogen and oxygen atoms in total. The molecule has 0 radical (unpaired) electrons. The summed E-state index contributed by atoms with van der Waals surface area (Å²) in [6, 6.07) is 13.7. The van der Waals surface area contributed by atoms with Crippen molar-refractivity contribution in [1.82, 2.24) is 0 Å². The molecule has 0 heterocycles. The van der Waals surface area contributed by atoms with Gasteiger partial charge in [-0.25, -0.2) is 8.78 Å². The van der Waals surface area contributed by atoms with Gasteiger partial charge in [-0.3, -0.25) is 9.00 Å². The van der Waals surface area contributed by atoms with Crippen LogP contribution in [-0.2, 0) is 17.2 Å². The van der Waals surface area contributed by atoms with Crippen molar-refractivity contribution in [3.8, 4) is 11.5 Å². The number of aromatic hydroxyl groups is 2. The second-order valence-electron chi connectivity index (χ2n) is 6.69. The zero-order chi connectivity index (χ0) is 22.4. The molecular weight excluding hydrogens is 424 g/mol. The molecule has 8 heteroatoms. The van der Waals surface area contributed by atoms with Crippen molar-refractivity contribution in [2.45, 2.75) is 6.42 Å². The fraction of sp³-hybridized carbons (Fsp3) is 0.0870. The number of carbonyl (C=O) groups excluding carboxylic acids is 1. The van der Waals surface area contributed by atoms with Gasteiger partial charge in [-0.15, -0.1) is 0 Å². The average Bonchev–Trinajstić information content (AvgIpc) is 2.73. The highest BCUT2D eigenvalue weighted by Gasteiger charge is 2.10. The summed E-state index contributed by atoms with van der Waals surface area (Å²) in [7, 11) is -1.24. The van der Waals surface area contributed by atoms with Crippen molar-refractivity contribution >= 4 is 28.5 Å². The van der Waals surface area contributed by atoms with Crippen LogP contribution in [0.4, 0.5) is 14.5 Å². The smallest absolute Gasteiger partial charge is 0.255 e. The Hall–Kier alpha value is -3.52. The van der Waals surface area contributed by atoms with Gasteiger partial charge in [-0.05, 0) is 60.0 Å². The van der Waals surface area contributed by atoms with Crippen molar-refractivity contribution in [3.05, 3.63) is 94.4 Å². The van der Waals surface area contributed by atoms with Crippen molar-refractivity contribution < 1.29 is 28.0 Å². The Morgan fingerprint density at radius 2 is 1.61 bits per heavy atom. The summed E-state index contributed by atoms with van der Waals surface area (Å²) in [6.45, 7) is 0. The average molecular weight is 443 g/mol. The molecule has 1 amide bonds. The van der Waals surface area contributed by atoms with Gasteiger partial charge >= 0.3 is 0 Å². The summed E-state index contributed by atoms with van der Waals surface area (Å²) in [5, 5.41) is 22.8. The molecule has 160 valence electrons. The van der Waals surface area contributed by atoms with E-state index in [0.717, 1.165) is 17.7 Å². The van der Waals surface area contributed by atoms with Gasteiger partial charge in [0.05, 0.1) is 0 Å². The topological polar surface area (TPSA) is 86.6 Å². The van der Waals surface area contributed by atoms with Crippen LogP contribution in [0.5, 0.6) is 11.5 Å². The Labute approximate surface area is 180 Å². The first kappa shape index (κ1) is 22.2. The second kappa shape index (κ2) is 9.99. The maximum absolute atomic E-state index is 13.2. The van der Waals surface area contributed by atoms with Crippen molar-refractivity contribution in [2.75, 3.05) is 11.1 Å². The normalized spacial score (nSPS) is 12.1. The SMILES string of the molecule is O=C(Nc1ccc(CCS(=O)/C=C/c2ccc(O)c(O)c2)cc1)c1cc(F)cc(F)c1. The number of carbonyl (C=O) groups is 1. The Bertz CT molecular complexity index is 1130. The highest BCUT2D eigenvalue weighted by molar-refractivity contribution is 7.88. The number of benzene rings is 3. The van der Waals surface area contributed by atoms with Crippen LogP contribution in [0.2, 0.25) is 0 Å². The summed E-state index contributed by atoms with van der Waals surface area (Å²) >= 11 is 0. The number of phenols is 2. The number of phenolic OH excluding ortho intramolecular Hbond substituents is 2. The van der Waals surface area contributed by atoms with E-state index in [0.29, 0.717) is 29.5 Å². The molecule has 0 aliphatic heterocycles. The van der Waals surface area contributed by atoms with E-state index in [1.165, 1.54) is 17.5 Å². The van der Waals surface area contributed by atoms with Gasteiger partial charge in [0.25, 0.3) is 5.91 Å².